The Balaban J connectivity index is 1.94. The molecule has 0 bridgehead atoms. The fourth-order valence-electron chi connectivity index (χ4n) is 2.97. The summed E-state index contributed by atoms with van der Waals surface area (Å²) >= 11 is 0. The lowest BCUT2D eigenvalue weighted by Crippen LogP contribution is -1.99. The Kier molecular flexibility index (Phi) is 2.59. The maximum absolute atomic E-state index is 10.3. The van der Waals surface area contributed by atoms with Crippen molar-refractivity contribution in [2.24, 2.45) is 0 Å². The summed E-state index contributed by atoms with van der Waals surface area (Å²) in [6.07, 6.45) is -1.05. The van der Waals surface area contributed by atoms with Gasteiger partial charge in [-0.25, -0.2) is 0 Å². The summed E-state index contributed by atoms with van der Waals surface area (Å²) in [5.74, 6) is 0. The highest BCUT2D eigenvalue weighted by atomic mass is 16.6. The molecule has 3 aromatic rings. The largest absolute Gasteiger partial charge is 0.364 e. The highest BCUT2D eigenvalue weighted by molar-refractivity contribution is 5.87. The Morgan fingerprint density at radius 1 is 0.800 bits per heavy atom. The number of hydrogen-bond donors (Lipinski definition) is 1. The van der Waals surface area contributed by atoms with Gasteiger partial charge in [0.15, 0.2) is 6.29 Å². The van der Waals surface area contributed by atoms with Gasteiger partial charge in [-0.15, -0.1) is 0 Å². The predicted molar refractivity (Wildman–Crippen MR) is 78.3 cm³/mol. The fourth-order valence-corrected chi connectivity index (χ4v) is 2.97. The summed E-state index contributed by atoms with van der Waals surface area (Å²) in [7, 11) is 0. The molecule has 1 aliphatic heterocycles. The molecule has 0 saturated heterocycles. The second-order valence-corrected chi connectivity index (χ2v) is 5.07. The zero-order chi connectivity index (χ0) is 13.5. The lowest BCUT2D eigenvalue weighted by atomic mass is 9.94. The Morgan fingerprint density at radius 3 is 2.40 bits per heavy atom. The van der Waals surface area contributed by atoms with Crippen molar-refractivity contribution in [3.8, 4) is 0 Å². The van der Waals surface area contributed by atoms with Gasteiger partial charge in [-0.3, -0.25) is 0 Å². The first-order valence-electron chi connectivity index (χ1n) is 6.74. The van der Waals surface area contributed by atoms with Gasteiger partial charge in [0, 0.05) is 5.56 Å². The van der Waals surface area contributed by atoms with Crippen LogP contribution < -0.4 is 0 Å². The van der Waals surface area contributed by atoms with Crippen LogP contribution in [-0.2, 0) is 4.74 Å². The first kappa shape index (κ1) is 11.6. The molecule has 20 heavy (non-hydrogen) atoms. The molecule has 2 heteroatoms. The number of benzene rings is 3. The molecule has 3 aromatic carbocycles. The van der Waals surface area contributed by atoms with E-state index in [2.05, 4.69) is 18.2 Å². The smallest absolute Gasteiger partial charge is 0.183 e. The van der Waals surface area contributed by atoms with Crippen LogP contribution in [0.1, 0.15) is 29.1 Å². The molecule has 2 nitrogen and oxygen atoms in total. The summed E-state index contributed by atoms with van der Waals surface area (Å²) < 4.78 is 5.78. The molecule has 0 fully saturated rings. The summed E-state index contributed by atoms with van der Waals surface area (Å²) in [6.45, 7) is 0. The standard InChI is InChI=1S/C18H14O2/c19-18-16-14-9-5-4-6-12(14)10-11-15(16)17(20-18)13-7-2-1-3-8-13/h1-11,17-19H/t17-,18-/m0/s1. The molecule has 0 unspecified atom stereocenters. The van der Waals surface area contributed by atoms with E-state index in [0.29, 0.717) is 0 Å². The van der Waals surface area contributed by atoms with Crippen molar-refractivity contribution in [2.45, 2.75) is 12.4 Å². The zero-order valence-corrected chi connectivity index (χ0v) is 10.9. The van der Waals surface area contributed by atoms with Gasteiger partial charge < -0.3 is 9.84 Å². The van der Waals surface area contributed by atoms with E-state index in [1.165, 1.54) is 0 Å². The van der Waals surface area contributed by atoms with Crippen LogP contribution >= 0.6 is 0 Å². The minimum absolute atomic E-state index is 0.189. The van der Waals surface area contributed by atoms with Crippen molar-refractivity contribution in [2.75, 3.05) is 0 Å². The van der Waals surface area contributed by atoms with E-state index in [4.69, 9.17) is 4.74 Å². The average Bonchev–Trinajstić information content (AvgIpc) is 2.86. The van der Waals surface area contributed by atoms with Crippen LogP contribution in [0.15, 0.2) is 66.7 Å². The average molecular weight is 262 g/mol. The summed E-state index contributed by atoms with van der Waals surface area (Å²) in [4.78, 5) is 0. The maximum Gasteiger partial charge on any atom is 0.183 e. The van der Waals surface area contributed by atoms with E-state index < -0.39 is 6.29 Å². The zero-order valence-electron chi connectivity index (χ0n) is 10.9. The third kappa shape index (κ3) is 1.66. The molecule has 1 N–H and O–H groups in total. The monoisotopic (exact) mass is 262 g/mol. The van der Waals surface area contributed by atoms with Crippen LogP contribution in [0.5, 0.6) is 0 Å². The fraction of sp³-hybridized carbons (Fsp3) is 0.111. The molecular weight excluding hydrogens is 248 g/mol. The maximum atomic E-state index is 10.3. The molecular formula is C18H14O2. The topological polar surface area (TPSA) is 29.5 Å². The van der Waals surface area contributed by atoms with Crippen LogP contribution in [0.3, 0.4) is 0 Å². The van der Waals surface area contributed by atoms with Gasteiger partial charge in [-0.05, 0) is 21.9 Å². The molecule has 0 amide bonds. The van der Waals surface area contributed by atoms with Gasteiger partial charge in [-0.2, -0.15) is 0 Å². The van der Waals surface area contributed by atoms with E-state index in [0.717, 1.165) is 27.5 Å². The Hall–Kier alpha value is -2.16. The minimum atomic E-state index is -0.860. The Bertz CT molecular complexity index is 765. The number of fused-ring (bicyclic) bond motifs is 3. The summed E-state index contributed by atoms with van der Waals surface area (Å²) in [5, 5.41) is 12.5. The normalized spacial score (nSPS) is 21.1. The van der Waals surface area contributed by atoms with Crippen molar-refractivity contribution < 1.29 is 9.84 Å². The molecule has 0 spiro atoms. The second-order valence-electron chi connectivity index (χ2n) is 5.07. The summed E-state index contributed by atoms with van der Waals surface area (Å²) in [6, 6.07) is 22.3. The van der Waals surface area contributed by atoms with Gasteiger partial charge in [0.2, 0.25) is 0 Å². The van der Waals surface area contributed by atoms with E-state index in [-0.39, 0.29) is 6.10 Å². The second kappa shape index (κ2) is 4.44. The third-order valence-corrected chi connectivity index (χ3v) is 3.90. The van der Waals surface area contributed by atoms with Gasteiger partial charge in [0.05, 0.1) is 0 Å². The quantitative estimate of drug-likeness (QED) is 0.719. The number of rotatable bonds is 1. The molecule has 0 aliphatic carbocycles. The van der Waals surface area contributed by atoms with Gasteiger partial charge in [0.1, 0.15) is 6.10 Å². The highest BCUT2D eigenvalue weighted by Crippen LogP contribution is 2.44. The van der Waals surface area contributed by atoms with Crippen molar-refractivity contribution in [3.63, 3.8) is 0 Å². The van der Waals surface area contributed by atoms with E-state index in [1.54, 1.807) is 0 Å². The number of ether oxygens (including phenoxy) is 1. The summed E-state index contributed by atoms with van der Waals surface area (Å²) in [5.41, 5.74) is 3.03. The van der Waals surface area contributed by atoms with Crippen molar-refractivity contribution in [1.82, 2.24) is 0 Å². The third-order valence-electron chi connectivity index (χ3n) is 3.90. The lowest BCUT2D eigenvalue weighted by Gasteiger charge is -2.11. The van der Waals surface area contributed by atoms with Gasteiger partial charge in [-0.1, -0.05) is 66.7 Å². The molecule has 1 heterocycles. The van der Waals surface area contributed by atoms with E-state index >= 15 is 0 Å². The van der Waals surface area contributed by atoms with E-state index in [1.807, 2.05) is 48.5 Å². The lowest BCUT2D eigenvalue weighted by molar-refractivity contribution is -0.108. The number of aliphatic hydroxyl groups is 1. The first-order valence-corrected chi connectivity index (χ1v) is 6.74. The van der Waals surface area contributed by atoms with E-state index in [9.17, 15) is 5.11 Å². The molecule has 4 rings (SSSR count). The SMILES string of the molecule is O[C@H]1O[C@@H](c2ccccc2)c2ccc3ccccc3c21. The number of aliphatic hydroxyl groups excluding tert-OH is 1. The number of hydrogen-bond acceptors (Lipinski definition) is 2. The van der Waals surface area contributed by atoms with Crippen LogP contribution in [0.4, 0.5) is 0 Å². The molecule has 0 saturated carbocycles. The molecule has 2 atom stereocenters. The molecule has 98 valence electrons. The molecule has 0 radical (unpaired) electrons. The molecule has 1 aliphatic rings. The van der Waals surface area contributed by atoms with Crippen molar-refractivity contribution in [3.05, 3.63) is 83.4 Å². The Labute approximate surface area is 117 Å². The van der Waals surface area contributed by atoms with Crippen molar-refractivity contribution >= 4 is 10.8 Å². The van der Waals surface area contributed by atoms with Crippen molar-refractivity contribution in [1.29, 1.82) is 0 Å². The minimum Gasteiger partial charge on any atom is -0.364 e. The highest BCUT2D eigenvalue weighted by Gasteiger charge is 2.32. The van der Waals surface area contributed by atoms with Crippen LogP contribution in [0.25, 0.3) is 10.8 Å². The van der Waals surface area contributed by atoms with Crippen LogP contribution in [0.2, 0.25) is 0 Å². The van der Waals surface area contributed by atoms with Gasteiger partial charge in [0.25, 0.3) is 0 Å². The van der Waals surface area contributed by atoms with Crippen LogP contribution in [-0.4, -0.2) is 5.11 Å². The van der Waals surface area contributed by atoms with Gasteiger partial charge >= 0.3 is 0 Å². The predicted octanol–water partition coefficient (Wildman–Crippen LogP) is 3.95. The first-order chi connectivity index (χ1) is 9.84. The Morgan fingerprint density at radius 2 is 1.55 bits per heavy atom. The van der Waals surface area contributed by atoms with Crippen LogP contribution in [0, 0.1) is 0 Å². The molecule has 0 aromatic heterocycles.